The molecule has 1 saturated carbocycles. The molecular weight excluding hydrogens is 750 g/mol. The number of nitrogens with zero attached hydrogens (tertiary/aromatic N) is 6. The van der Waals surface area contributed by atoms with Crippen LogP contribution >= 0.6 is 0 Å². The predicted molar refractivity (Wildman–Crippen MR) is 177 cm³/mol. The summed E-state index contributed by atoms with van der Waals surface area (Å²) in [6.07, 6.45) is -8.51. The Labute approximate surface area is 307 Å². The molecule has 294 valence electrons. The maximum absolute atomic E-state index is 15.5. The number of benzene rings is 2. The molecule has 1 aromatic heterocycles. The average Bonchev–Trinajstić information content (AvgIpc) is 3.09. The van der Waals surface area contributed by atoms with E-state index in [0.29, 0.717) is 44.0 Å². The Morgan fingerprint density at radius 1 is 0.964 bits per heavy atom. The van der Waals surface area contributed by atoms with Crippen LogP contribution in [0.3, 0.4) is 0 Å². The van der Waals surface area contributed by atoms with Gasteiger partial charge in [0.25, 0.3) is 11.8 Å². The van der Waals surface area contributed by atoms with Gasteiger partial charge in [-0.25, -0.2) is 19.4 Å². The van der Waals surface area contributed by atoms with E-state index in [1.807, 2.05) is 0 Å². The fraction of sp³-hybridized carbons (Fsp3) is 0.400. The van der Waals surface area contributed by atoms with Crippen LogP contribution in [0.2, 0.25) is 0 Å². The highest BCUT2D eigenvalue weighted by molar-refractivity contribution is 6.24. The highest BCUT2D eigenvalue weighted by Crippen LogP contribution is 2.47. The molecule has 3 amide bonds. The molecule has 2 fully saturated rings. The first-order valence-electron chi connectivity index (χ1n) is 16.8. The number of aliphatic hydroxyl groups excluding tert-OH is 1. The molecule has 12 nitrogen and oxygen atoms in total. The Bertz CT molecular complexity index is 2050. The summed E-state index contributed by atoms with van der Waals surface area (Å²) < 4.78 is 118. The van der Waals surface area contributed by atoms with Gasteiger partial charge in [-0.15, -0.1) is 0 Å². The maximum atomic E-state index is 15.5. The molecule has 3 aromatic rings. The largest absolute Gasteiger partial charge is 0.509 e. The van der Waals surface area contributed by atoms with Crippen molar-refractivity contribution in [2.75, 3.05) is 52.2 Å². The minimum absolute atomic E-state index is 0.0630. The van der Waals surface area contributed by atoms with E-state index < -0.39 is 93.2 Å². The number of amides is 3. The Balaban J connectivity index is 1.26. The van der Waals surface area contributed by atoms with Gasteiger partial charge >= 0.3 is 12.4 Å². The van der Waals surface area contributed by atoms with Gasteiger partial charge in [0.2, 0.25) is 11.7 Å². The summed E-state index contributed by atoms with van der Waals surface area (Å²) in [5.41, 5.74) is -7.06. The van der Waals surface area contributed by atoms with E-state index in [2.05, 4.69) is 15.3 Å². The summed E-state index contributed by atoms with van der Waals surface area (Å²) in [5.74, 6) is -6.45. The van der Waals surface area contributed by atoms with E-state index in [1.165, 1.54) is 18.1 Å². The third kappa shape index (κ3) is 7.64. The zero-order chi connectivity index (χ0) is 40.0. The van der Waals surface area contributed by atoms with Crippen molar-refractivity contribution in [1.82, 2.24) is 29.8 Å². The lowest BCUT2D eigenvalue weighted by Gasteiger charge is -2.54. The molecule has 6 rings (SSSR count). The Morgan fingerprint density at radius 3 is 2.33 bits per heavy atom. The van der Waals surface area contributed by atoms with E-state index in [-0.39, 0.29) is 44.0 Å². The van der Waals surface area contributed by atoms with Crippen molar-refractivity contribution in [1.29, 1.82) is 0 Å². The molecule has 55 heavy (non-hydrogen) atoms. The number of aliphatic hydroxyl groups is 1. The number of alkyl halides is 6. The number of likely N-dealkylation sites (N-methyl/N-ethyl adjacent to an activating group) is 2. The molecule has 0 unspecified atom stereocenters. The van der Waals surface area contributed by atoms with Crippen LogP contribution in [-0.4, -0.2) is 105 Å². The molecule has 3 heterocycles. The van der Waals surface area contributed by atoms with E-state index in [4.69, 9.17) is 4.74 Å². The fourth-order valence-electron chi connectivity index (χ4n) is 6.57. The second-order valence-corrected chi connectivity index (χ2v) is 13.3. The number of hydrazine groups is 1. The number of hydrogen-bond donors (Lipinski definition) is 2. The van der Waals surface area contributed by atoms with E-state index in [0.717, 1.165) is 17.1 Å². The van der Waals surface area contributed by atoms with Crippen molar-refractivity contribution in [2.24, 2.45) is 0 Å². The van der Waals surface area contributed by atoms with Crippen molar-refractivity contribution in [2.45, 2.75) is 43.7 Å². The fourth-order valence-corrected chi connectivity index (χ4v) is 6.57. The van der Waals surface area contributed by atoms with Crippen LogP contribution in [0.15, 0.2) is 54.1 Å². The SMILES string of the molecule is CN1CCN(CCOc2ccc(CN3C(=O)C(C(=O)Nc4ccc(C(F)(F)F)cc4-c4cc(C(F)(F)F)ncn4)=C(O)C4(CCC4)N3C)c(F)c2F)CC1=O. The number of rotatable bonds is 9. The molecular formula is C35H33F8N7O5. The van der Waals surface area contributed by atoms with Gasteiger partial charge in [0.1, 0.15) is 30.0 Å². The van der Waals surface area contributed by atoms with Crippen molar-refractivity contribution in [3.8, 4) is 17.0 Å². The lowest BCUT2D eigenvalue weighted by Crippen LogP contribution is -2.65. The van der Waals surface area contributed by atoms with Crippen molar-refractivity contribution < 1.29 is 59.4 Å². The van der Waals surface area contributed by atoms with Crippen LogP contribution in [0.5, 0.6) is 5.75 Å². The summed E-state index contributed by atoms with van der Waals surface area (Å²) in [7, 11) is 3.08. The first-order valence-corrected chi connectivity index (χ1v) is 16.8. The number of aromatic nitrogens is 2. The van der Waals surface area contributed by atoms with Crippen molar-refractivity contribution >= 4 is 23.4 Å². The predicted octanol–water partition coefficient (Wildman–Crippen LogP) is 5.17. The van der Waals surface area contributed by atoms with Crippen LogP contribution in [0.25, 0.3) is 11.3 Å². The van der Waals surface area contributed by atoms with Crippen LogP contribution in [-0.2, 0) is 33.3 Å². The lowest BCUT2D eigenvalue weighted by atomic mass is 9.72. The first-order chi connectivity index (χ1) is 25.8. The smallest absolute Gasteiger partial charge is 0.433 e. The summed E-state index contributed by atoms with van der Waals surface area (Å²) in [4.78, 5) is 49.9. The summed E-state index contributed by atoms with van der Waals surface area (Å²) in [5, 5.41) is 15.8. The van der Waals surface area contributed by atoms with Crippen molar-refractivity contribution in [3.05, 3.63) is 82.5 Å². The number of halogens is 8. The molecule has 1 spiro atoms. The van der Waals surface area contributed by atoms with Crippen LogP contribution in [0.4, 0.5) is 40.8 Å². The van der Waals surface area contributed by atoms with Crippen LogP contribution in [0.1, 0.15) is 36.1 Å². The van der Waals surface area contributed by atoms with Gasteiger partial charge in [0.15, 0.2) is 11.6 Å². The number of anilines is 1. The first kappa shape index (κ1) is 39.3. The van der Waals surface area contributed by atoms with Gasteiger partial charge in [-0.1, -0.05) is 6.07 Å². The molecule has 0 bridgehead atoms. The zero-order valence-corrected chi connectivity index (χ0v) is 29.2. The molecule has 0 atom stereocenters. The van der Waals surface area contributed by atoms with Gasteiger partial charge in [0.05, 0.1) is 35.6 Å². The quantitative estimate of drug-likeness (QED) is 0.223. The molecule has 20 heteroatoms. The average molecular weight is 784 g/mol. The van der Waals surface area contributed by atoms with Gasteiger partial charge in [0, 0.05) is 44.9 Å². The van der Waals surface area contributed by atoms with Gasteiger partial charge in [-0.05, 0) is 49.6 Å². The van der Waals surface area contributed by atoms with E-state index >= 15 is 8.78 Å². The van der Waals surface area contributed by atoms with Gasteiger partial charge in [-0.2, -0.15) is 30.7 Å². The number of carbonyl (C=O) groups excluding carboxylic acids is 3. The van der Waals surface area contributed by atoms with E-state index in [9.17, 15) is 45.8 Å². The van der Waals surface area contributed by atoms with Crippen molar-refractivity contribution in [3.63, 3.8) is 0 Å². The highest BCUT2D eigenvalue weighted by atomic mass is 19.4. The Kier molecular flexibility index (Phi) is 10.5. The molecule has 3 aliphatic rings. The molecule has 2 aliphatic heterocycles. The van der Waals surface area contributed by atoms with Gasteiger partial charge < -0.3 is 20.1 Å². The number of piperazine rings is 1. The highest BCUT2D eigenvalue weighted by Gasteiger charge is 2.55. The minimum atomic E-state index is -5.00. The van der Waals surface area contributed by atoms with Gasteiger partial charge in [-0.3, -0.25) is 24.3 Å². The summed E-state index contributed by atoms with van der Waals surface area (Å²) in [6.45, 7) is 0.783. The minimum Gasteiger partial charge on any atom is -0.509 e. The third-order valence-corrected chi connectivity index (χ3v) is 9.99. The molecule has 0 radical (unpaired) electrons. The Hall–Kier alpha value is -5.37. The number of hydrogen-bond acceptors (Lipinski definition) is 9. The summed E-state index contributed by atoms with van der Waals surface area (Å²) in [6, 6.07) is 4.47. The normalized spacial score (nSPS) is 18.2. The number of nitrogens with one attached hydrogen (secondary N) is 1. The summed E-state index contributed by atoms with van der Waals surface area (Å²) >= 11 is 0. The molecule has 2 N–H and O–H groups in total. The number of carbonyl (C=O) groups is 3. The lowest BCUT2D eigenvalue weighted by molar-refractivity contribution is -0.172. The van der Waals surface area contributed by atoms with E-state index in [1.54, 1.807) is 16.8 Å². The second-order valence-electron chi connectivity index (χ2n) is 13.3. The third-order valence-electron chi connectivity index (χ3n) is 9.99. The number of ether oxygens (including phenoxy) is 1. The molecule has 1 saturated heterocycles. The second kappa shape index (κ2) is 14.7. The maximum Gasteiger partial charge on any atom is 0.433 e. The molecule has 1 aliphatic carbocycles. The zero-order valence-electron chi connectivity index (χ0n) is 29.2. The van der Waals surface area contributed by atoms with Crippen LogP contribution in [0, 0.1) is 11.6 Å². The standard InChI is InChI=1S/C35H33F8N7O5/c1-47-10-11-49(17-26(47)51)12-13-55-24-7-4-19(28(36)29(24)37)16-50-32(54)27(30(52)33(48(50)2)8-3-9-33)31(53)46-22-6-5-20(34(38,39)40)14-21(22)23-15-25(35(41,42)43)45-18-44-23/h4-7,14-15,18,52H,3,8-13,16-17H2,1-2H3,(H,46,53). The topological polar surface area (TPSA) is 131 Å². The molecule has 2 aromatic carbocycles. The monoisotopic (exact) mass is 783 g/mol. The Morgan fingerprint density at radius 2 is 1.69 bits per heavy atom. The van der Waals surface area contributed by atoms with Crippen LogP contribution < -0.4 is 10.1 Å².